The molecule has 0 saturated heterocycles. The van der Waals surface area contributed by atoms with E-state index in [1.807, 2.05) is 24.0 Å². The molecular weight excluding hydrogens is 255 g/mol. The van der Waals surface area contributed by atoms with Gasteiger partial charge in [0.25, 0.3) is 0 Å². The normalized spacial score (nSPS) is 10.6. The number of hydrogen-bond donors (Lipinski definition) is 1. The van der Waals surface area contributed by atoms with Crippen LogP contribution in [-0.4, -0.2) is 6.54 Å². The minimum atomic E-state index is -0.507. The van der Waals surface area contributed by atoms with Crippen LogP contribution in [0.25, 0.3) is 0 Å². The zero-order valence-corrected chi connectivity index (χ0v) is 10.7. The van der Waals surface area contributed by atoms with Crippen molar-refractivity contribution in [3.63, 3.8) is 0 Å². The van der Waals surface area contributed by atoms with Gasteiger partial charge in [-0.2, -0.15) is 0 Å². The first-order valence-electron chi connectivity index (χ1n) is 5.63. The van der Waals surface area contributed by atoms with Gasteiger partial charge in [0.2, 0.25) is 0 Å². The third-order valence-corrected chi connectivity index (χ3v) is 3.01. The van der Waals surface area contributed by atoms with Gasteiger partial charge in [-0.15, -0.1) is 0 Å². The van der Waals surface area contributed by atoms with Crippen LogP contribution < -0.4 is 10.6 Å². The Hall–Kier alpha value is -1.68. The van der Waals surface area contributed by atoms with Gasteiger partial charge in [0.1, 0.15) is 11.6 Å². The third kappa shape index (κ3) is 2.59. The second-order valence-corrected chi connectivity index (χ2v) is 4.33. The third-order valence-electron chi connectivity index (χ3n) is 2.72. The molecule has 0 unspecified atom stereocenters. The van der Waals surface area contributed by atoms with Gasteiger partial charge in [0.15, 0.2) is 0 Å². The molecule has 0 bridgehead atoms. The molecular formula is C13H14ClFN2O. The van der Waals surface area contributed by atoms with Crippen molar-refractivity contribution in [1.29, 1.82) is 0 Å². The molecule has 0 amide bonds. The molecule has 1 aromatic heterocycles. The number of nitrogen functional groups attached to an aromatic ring is 1. The van der Waals surface area contributed by atoms with Gasteiger partial charge in [-0.25, -0.2) is 4.39 Å². The summed E-state index contributed by atoms with van der Waals surface area (Å²) < 4.78 is 18.5. The first-order chi connectivity index (χ1) is 8.61. The first kappa shape index (κ1) is 12.8. The van der Waals surface area contributed by atoms with E-state index in [0.29, 0.717) is 24.5 Å². The van der Waals surface area contributed by atoms with Crippen molar-refractivity contribution < 1.29 is 8.81 Å². The molecule has 0 spiro atoms. The Balaban J connectivity index is 2.30. The summed E-state index contributed by atoms with van der Waals surface area (Å²) >= 11 is 5.79. The molecule has 0 fully saturated rings. The predicted octanol–water partition coefficient (Wildman–Crippen LogP) is 3.68. The number of furan rings is 1. The lowest BCUT2D eigenvalue weighted by Crippen LogP contribution is -2.22. The van der Waals surface area contributed by atoms with Crippen LogP contribution in [0.3, 0.4) is 0 Å². The Kier molecular flexibility index (Phi) is 3.77. The fourth-order valence-electron chi connectivity index (χ4n) is 1.78. The number of anilines is 2. The van der Waals surface area contributed by atoms with E-state index >= 15 is 0 Å². The van der Waals surface area contributed by atoms with Gasteiger partial charge in [-0.05, 0) is 25.1 Å². The zero-order valence-electron chi connectivity index (χ0n) is 9.99. The fraction of sp³-hybridized carbons (Fsp3) is 0.231. The molecule has 0 atom stereocenters. The predicted molar refractivity (Wildman–Crippen MR) is 71.3 cm³/mol. The molecule has 5 heteroatoms. The number of rotatable bonds is 4. The number of benzene rings is 1. The average Bonchev–Trinajstić information content (AvgIpc) is 2.84. The Morgan fingerprint density at radius 1 is 1.44 bits per heavy atom. The van der Waals surface area contributed by atoms with Crippen LogP contribution in [0.5, 0.6) is 0 Å². The van der Waals surface area contributed by atoms with E-state index in [1.165, 1.54) is 6.07 Å². The lowest BCUT2D eigenvalue weighted by atomic mass is 10.2. The molecule has 2 aromatic rings. The van der Waals surface area contributed by atoms with Crippen LogP contribution >= 0.6 is 11.6 Å². The van der Waals surface area contributed by atoms with Crippen LogP contribution in [-0.2, 0) is 6.54 Å². The summed E-state index contributed by atoms with van der Waals surface area (Å²) in [4.78, 5) is 1.97. The molecule has 0 aliphatic rings. The number of nitrogens with two attached hydrogens (primary N) is 1. The molecule has 96 valence electrons. The molecule has 0 aliphatic carbocycles. The zero-order chi connectivity index (χ0) is 13.1. The van der Waals surface area contributed by atoms with Gasteiger partial charge in [-0.3, -0.25) is 0 Å². The maximum Gasteiger partial charge on any atom is 0.143 e. The van der Waals surface area contributed by atoms with Gasteiger partial charge < -0.3 is 15.1 Å². The van der Waals surface area contributed by atoms with Crippen molar-refractivity contribution in [3.8, 4) is 0 Å². The molecule has 2 rings (SSSR count). The standard InChI is InChI=1S/C13H14ClFN2O/c1-2-17(8-9-4-3-5-18-9)13-6-10(14)11(15)7-12(13)16/h3-7H,2,8,16H2,1H3. The molecule has 2 N–H and O–H groups in total. The maximum atomic E-state index is 13.3. The molecule has 3 nitrogen and oxygen atoms in total. The number of hydrogen-bond acceptors (Lipinski definition) is 3. The van der Waals surface area contributed by atoms with E-state index in [0.717, 1.165) is 5.76 Å². The van der Waals surface area contributed by atoms with Crippen LogP contribution in [0.1, 0.15) is 12.7 Å². The first-order valence-corrected chi connectivity index (χ1v) is 6.01. The average molecular weight is 269 g/mol. The summed E-state index contributed by atoms with van der Waals surface area (Å²) in [6.07, 6.45) is 1.62. The van der Waals surface area contributed by atoms with Crippen LogP contribution in [0.4, 0.5) is 15.8 Å². The van der Waals surface area contributed by atoms with Crippen LogP contribution in [0.2, 0.25) is 5.02 Å². The van der Waals surface area contributed by atoms with Crippen molar-refractivity contribution in [1.82, 2.24) is 0 Å². The Labute approximate surface area is 110 Å². The lowest BCUT2D eigenvalue weighted by molar-refractivity contribution is 0.504. The van der Waals surface area contributed by atoms with Crippen molar-refractivity contribution in [3.05, 3.63) is 47.1 Å². The minimum Gasteiger partial charge on any atom is -0.467 e. The molecule has 0 aliphatic heterocycles. The summed E-state index contributed by atoms with van der Waals surface area (Å²) in [7, 11) is 0. The van der Waals surface area contributed by atoms with Gasteiger partial charge in [0, 0.05) is 12.6 Å². The highest BCUT2D eigenvalue weighted by Gasteiger charge is 2.13. The summed E-state index contributed by atoms with van der Waals surface area (Å²) in [6.45, 7) is 3.27. The molecule has 0 radical (unpaired) electrons. The SMILES string of the molecule is CCN(Cc1ccco1)c1cc(Cl)c(F)cc1N. The molecule has 1 aromatic carbocycles. The van der Waals surface area contributed by atoms with E-state index in [-0.39, 0.29) is 5.02 Å². The van der Waals surface area contributed by atoms with E-state index in [1.54, 1.807) is 12.3 Å². The Morgan fingerprint density at radius 2 is 2.22 bits per heavy atom. The highest BCUT2D eigenvalue weighted by atomic mass is 35.5. The summed E-state index contributed by atoms with van der Waals surface area (Å²) in [5.41, 5.74) is 6.90. The Morgan fingerprint density at radius 3 is 2.83 bits per heavy atom. The van der Waals surface area contributed by atoms with Crippen molar-refractivity contribution >= 4 is 23.0 Å². The number of halogens is 2. The second kappa shape index (κ2) is 5.31. The van der Waals surface area contributed by atoms with E-state index in [4.69, 9.17) is 21.8 Å². The largest absolute Gasteiger partial charge is 0.467 e. The van der Waals surface area contributed by atoms with Crippen molar-refractivity contribution in [2.24, 2.45) is 0 Å². The smallest absolute Gasteiger partial charge is 0.143 e. The van der Waals surface area contributed by atoms with E-state index < -0.39 is 5.82 Å². The summed E-state index contributed by atoms with van der Waals surface area (Å²) in [5.74, 6) is 0.309. The fourth-order valence-corrected chi connectivity index (χ4v) is 1.94. The van der Waals surface area contributed by atoms with Crippen molar-refractivity contribution in [2.75, 3.05) is 17.2 Å². The van der Waals surface area contributed by atoms with Crippen LogP contribution in [0, 0.1) is 5.82 Å². The summed E-state index contributed by atoms with van der Waals surface area (Å²) in [5, 5.41) is 0.0668. The van der Waals surface area contributed by atoms with Gasteiger partial charge in [0.05, 0.1) is 29.2 Å². The second-order valence-electron chi connectivity index (χ2n) is 3.92. The van der Waals surface area contributed by atoms with Gasteiger partial charge in [-0.1, -0.05) is 11.6 Å². The van der Waals surface area contributed by atoms with Gasteiger partial charge >= 0.3 is 0 Å². The maximum absolute atomic E-state index is 13.3. The molecule has 1 heterocycles. The van der Waals surface area contributed by atoms with Crippen LogP contribution in [0.15, 0.2) is 34.9 Å². The highest BCUT2D eigenvalue weighted by molar-refractivity contribution is 6.31. The van der Waals surface area contributed by atoms with E-state index in [9.17, 15) is 4.39 Å². The minimum absolute atomic E-state index is 0.0668. The monoisotopic (exact) mass is 268 g/mol. The quantitative estimate of drug-likeness (QED) is 0.860. The lowest BCUT2D eigenvalue weighted by Gasteiger charge is -2.23. The highest BCUT2D eigenvalue weighted by Crippen LogP contribution is 2.30. The topological polar surface area (TPSA) is 42.4 Å². The number of nitrogens with zero attached hydrogens (tertiary/aromatic N) is 1. The molecule has 18 heavy (non-hydrogen) atoms. The molecule has 0 saturated carbocycles. The summed E-state index contributed by atoms with van der Waals surface area (Å²) in [6, 6.07) is 6.48. The van der Waals surface area contributed by atoms with Crippen molar-refractivity contribution in [2.45, 2.75) is 13.5 Å². The van der Waals surface area contributed by atoms with E-state index in [2.05, 4.69) is 0 Å². The Bertz CT molecular complexity index is 528.